The minimum Gasteiger partial charge on any atom is -0.294 e. The van der Waals surface area contributed by atoms with Gasteiger partial charge in [0.25, 0.3) is 0 Å². The average molecular weight is 252 g/mol. The minimum atomic E-state index is -0.822. The lowest BCUT2D eigenvalue weighted by molar-refractivity contribution is -0.133. The molecule has 0 fully saturated rings. The maximum Gasteiger partial charge on any atom is 0.328 e. The van der Waals surface area contributed by atoms with Crippen LogP contribution in [0, 0.1) is 6.92 Å². The molecule has 8 nitrogen and oxygen atoms in total. The molecule has 0 aliphatic carbocycles. The first kappa shape index (κ1) is 11.2. The topological polar surface area (TPSA) is 102 Å². The first-order chi connectivity index (χ1) is 8.15. The van der Waals surface area contributed by atoms with E-state index in [1.54, 1.807) is 12.3 Å². The van der Waals surface area contributed by atoms with Crippen LogP contribution in [0.4, 0.5) is 5.13 Å². The molecule has 17 heavy (non-hydrogen) atoms. The highest BCUT2D eigenvalue weighted by Gasteiger charge is 2.15. The van der Waals surface area contributed by atoms with Crippen molar-refractivity contribution in [1.29, 1.82) is 0 Å². The van der Waals surface area contributed by atoms with Gasteiger partial charge in [0.05, 0.1) is 5.69 Å². The fraction of sp³-hybridized carbons (Fsp3) is 0.125. The number of hydrogen-bond acceptors (Lipinski definition) is 6. The molecule has 0 aliphatic heterocycles. The Kier molecular flexibility index (Phi) is 3.10. The van der Waals surface area contributed by atoms with Crippen molar-refractivity contribution in [3.63, 3.8) is 0 Å². The van der Waals surface area contributed by atoms with E-state index < -0.39 is 11.8 Å². The molecular weight excluding hydrogens is 244 g/mol. The number of carbonyl (C=O) groups is 2. The van der Waals surface area contributed by atoms with Crippen molar-refractivity contribution in [2.45, 2.75) is 6.92 Å². The second-order valence-electron chi connectivity index (χ2n) is 3.06. The van der Waals surface area contributed by atoms with E-state index in [1.165, 1.54) is 28.7 Å². The van der Waals surface area contributed by atoms with Gasteiger partial charge >= 0.3 is 11.8 Å². The Morgan fingerprint density at radius 2 is 2.00 bits per heavy atom. The van der Waals surface area contributed by atoms with Crippen molar-refractivity contribution >= 4 is 28.3 Å². The standard InChI is InChI=1S/C8H8N6O2S/c1-5-2-17-8(11-5)12-6(15)7(16)13-14-3-9-10-4-14/h2-4H,1H3,(H,13,16)(H,11,12,15). The third-order valence-electron chi connectivity index (χ3n) is 1.70. The van der Waals surface area contributed by atoms with Crippen molar-refractivity contribution in [1.82, 2.24) is 19.9 Å². The van der Waals surface area contributed by atoms with E-state index in [0.717, 1.165) is 5.69 Å². The number of rotatable bonds is 2. The number of nitrogens with zero attached hydrogens (tertiary/aromatic N) is 4. The number of carbonyl (C=O) groups excluding carboxylic acids is 2. The molecule has 2 rings (SSSR count). The number of thiazole rings is 1. The molecule has 0 radical (unpaired) electrons. The molecule has 2 N–H and O–H groups in total. The van der Waals surface area contributed by atoms with Crippen LogP contribution >= 0.6 is 11.3 Å². The SMILES string of the molecule is Cc1csc(NC(=O)C(=O)Nn2cnnc2)n1. The Morgan fingerprint density at radius 3 is 2.59 bits per heavy atom. The minimum absolute atomic E-state index is 0.381. The predicted molar refractivity (Wildman–Crippen MR) is 59.9 cm³/mol. The molecule has 0 aromatic carbocycles. The van der Waals surface area contributed by atoms with Gasteiger partial charge in [-0.25, -0.2) is 9.66 Å². The highest BCUT2D eigenvalue weighted by Crippen LogP contribution is 2.13. The van der Waals surface area contributed by atoms with Gasteiger partial charge in [0.1, 0.15) is 12.7 Å². The summed E-state index contributed by atoms with van der Waals surface area (Å²) in [6, 6.07) is 0. The summed E-state index contributed by atoms with van der Waals surface area (Å²) < 4.78 is 1.18. The summed E-state index contributed by atoms with van der Waals surface area (Å²) in [6.07, 6.45) is 2.53. The van der Waals surface area contributed by atoms with E-state index in [9.17, 15) is 9.59 Å². The molecule has 2 aromatic heterocycles. The molecule has 0 saturated heterocycles. The van der Waals surface area contributed by atoms with E-state index in [-0.39, 0.29) is 0 Å². The highest BCUT2D eigenvalue weighted by molar-refractivity contribution is 7.14. The van der Waals surface area contributed by atoms with Crippen LogP contribution in [-0.4, -0.2) is 31.7 Å². The van der Waals surface area contributed by atoms with E-state index in [0.29, 0.717) is 5.13 Å². The summed E-state index contributed by atoms with van der Waals surface area (Å²) in [7, 11) is 0. The molecule has 2 amide bonds. The number of hydrogen-bond donors (Lipinski definition) is 2. The van der Waals surface area contributed by atoms with E-state index in [1.807, 2.05) is 0 Å². The molecular formula is C8H8N6O2S. The Labute approximate surface area is 99.7 Å². The van der Waals surface area contributed by atoms with Crippen LogP contribution in [0.25, 0.3) is 0 Å². The number of anilines is 1. The Hall–Kier alpha value is -2.29. The maximum atomic E-state index is 11.4. The Balaban J connectivity index is 1.94. The molecule has 0 bridgehead atoms. The third-order valence-corrected chi connectivity index (χ3v) is 2.57. The van der Waals surface area contributed by atoms with Gasteiger partial charge in [-0.15, -0.1) is 21.5 Å². The summed E-state index contributed by atoms with van der Waals surface area (Å²) in [5.74, 6) is -1.62. The van der Waals surface area contributed by atoms with Gasteiger partial charge in [0.15, 0.2) is 5.13 Å². The maximum absolute atomic E-state index is 11.4. The zero-order chi connectivity index (χ0) is 12.3. The van der Waals surface area contributed by atoms with Gasteiger partial charge in [-0.05, 0) is 6.92 Å². The van der Waals surface area contributed by atoms with Gasteiger partial charge in [-0.2, -0.15) is 0 Å². The lowest BCUT2D eigenvalue weighted by Crippen LogP contribution is -2.33. The first-order valence-electron chi connectivity index (χ1n) is 4.54. The van der Waals surface area contributed by atoms with Gasteiger partial charge in [-0.1, -0.05) is 0 Å². The van der Waals surface area contributed by atoms with Crippen LogP contribution < -0.4 is 10.7 Å². The lowest BCUT2D eigenvalue weighted by Gasteiger charge is -2.03. The molecule has 0 unspecified atom stereocenters. The van der Waals surface area contributed by atoms with E-state index >= 15 is 0 Å². The zero-order valence-electron chi connectivity index (χ0n) is 8.75. The summed E-state index contributed by atoms with van der Waals surface area (Å²) in [4.78, 5) is 26.8. The highest BCUT2D eigenvalue weighted by atomic mass is 32.1. The molecule has 0 atom stereocenters. The molecule has 0 spiro atoms. The van der Waals surface area contributed by atoms with Gasteiger partial charge in [-0.3, -0.25) is 20.3 Å². The molecule has 2 aromatic rings. The normalized spacial score (nSPS) is 9.94. The van der Waals surface area contributed by atoms with Crippen LogP contribution in [-0.2, 0) is 9.59 Å². The van der Waals surface area contributed by atoms with Gasteiger partial charge in [0, 0.05) is 5.38 Å². The summed E-state index contributed by atoms with van der Waals surface area (Å²) in [5, 5.41) is 11.5. The van der Waals surface area contributed by atoms with Crippen LogP contribution in [0.3, 0.4) is 0 Å². The number of aromatic nitrogens is 4. The second-order valence-corrected chi connectivity index (χ2v) is 3.92. The molecule has 88 valence electrons. The van der Waals surface area contributed by atoms with Crippen molar-refractivity contribution in [3.8, 4) is 0 Å². The first-order valence-corrected chi connectivity index (χ1v) is 5.42. The fourth-order valence-electron chi connectivity index (χ4n) is 0.992. The third kappa shape index (κ3) is 2.84. The lowest BCUT2D eigenvalue weighted by atomic mass is 10.6. The van der Waals surface area contributed by atoms with Gasteiger partial charge in [0.2, 0.25) is 0 Å². The quantitative estimate of drug-likeness (QED) is 0.718. The van der Waals surface area contributed by atoms with Crippen molar-refractivity contribution < 1.29 is 9.59 Å². The average Bonchev–Trinajstić information content (AvgIpc) is 2.90. The van der Waals surface area contributed by atoms with Crippen LogP contribution in [0.15, 0.2) is 18.0 Å². The van der Waals surface area contributed by atoms with E-state index in [4.69, 9.17) is 0 Å². The largest absolute Gasteiger partial charge is 0.328 e. The van der Waals surface area contributed by atoms with Gasteiger partial charge < -0.3 is 0 Å². The van der Waals surface area contributed by atoms with Crippen molar-refractivity contribution in [3.05, 3.63) is 23.7 Å². The Morgan fingerprint density at radius 1 is 1.29 bits per heavy atom. The van der Waals surface area contributed by atoms with Crippen molar-refractivity contribution in [2.24, 2.45) is 0 Å². The van der Waals surface area contributed by atoms with Crippen LogP contribution in [0.5, 0.6) is 0 Å². The number of nitrogens with one attached hydrogen (secondary N) is 2. The summed E-state index contributed by atoms with van der Waals surface area (Å²) in [5.41, 5.74) is 3.05. The predicted octanol–water partition coefficient (Wildman–Crippen LogP) is -0.248. The van der Waals surface area contributed by atoms with E-state index in [2.05, 4.69) is 25.9 Å². The zero-order valence-corrected chi connectivity index (χ0v) is 9.56. The molecule has 0 saturated carbocycles. The van der Waals surface area contributed by atoms with Crippen LogP contribution in [0.2, 0.25) is 0 Å². The smallest absolute Gasteiger partial charge is 0.294 e. The molecule has 0 aliphatic rings. The second kappa shape index (κ2) is 4.70. The summed E-state index contributed by atoms with van der Waals surface area (Å²) in [6.45, 7) is 1.80. The monoisotopic (exact) mass is 252 g/mol. The molecule has 9 heteroatoms. The number of amides is 2. The number of aryl methyl sites for hydroxylation is 1. The van der Waals surface area contributed by atoms with Crippen LogP contribution in [0.1, 0.15) is 5.69 Å². The summed E-state index contributed by atoms with van der Waals surface area (Å²) >= 11 is 1.25. The molecule has 2 heterocycles. The fourth-order valence-corrected chi connectivity index (χ4v) is 1.67. The Bertz CT molecular complexity index is 534. The van der Waals surface area contributed by atoms with Crippen molar-refractivity contribution in [2.75, 3.05) is 10.7 Å².